The number of aliphatic hydroxyl groups excluding tert-OH is 1. The maximum Gasteiger partial charge on any atom is 0.188 e. The number of hydrogen-bond acceptors (Lipinski definition) is 1. The summed E-state index contributed by atoms with van der Waals surface area (Å²) in [5.41, 5.74) is 2.96. The highest BCUT2D eigenvalue weighted by Crippen LogP contribution is 2.10. The van der Waals surface area contributed by atoms with E-state index in [1.165, 1.54) is 5.56 Å². The van der Waals surface area contributed by atoms with Crippen molar-refractivity contribution in [2.45, 2.75) is 13.8 Å². The van der Waals surface area contributed by atoms with Gasteiger partial charge in [0.2, 0.25) is 0 Å². The molecule has 1 rings (SSSR count). The fourth-order valence-corrected chi connectivity index (χ4v) is 1.28. The molecule has 1 N–H and O–H groups in total. The Morgan fingerprint density at radius 1 is 1.36 bits per heavy atom. The van der Waals surface area contributed by atoms with Crippen molar-refractivity contribution in [1.82, 2.24) is 0 Å². The molecule has 0 bridgehead atoms. The van der Waals surface area contributed by atoms with E-state index >= 15 is 0 Å². The van der Waals surface area contributed by atoms with Gasteiger partial charge >= 0.3 is 0 Å². The lowest BCUT2D eigenvalue weighted by molar-refractivity contribution is 0.570. The van der Waals surface area contributed by atoms with Crippen molar-refractivity contribution in [3.8, 4) is 0 Å². The van der Waals surface area contributed by atoms with Gasteiger partial charge in [-0.3, -0.25) is 0 Å². The molecule has 0 amide bonds. The standard InChI is InChI=1S/C9H10OS/c1-6-3-4-8(9(10)11)7(2)5-6/h3-5H,1-2H3,(H,10,11). The van der Waals surface area contributed by atoms with Crippen LogP contribution in [0.2, 0.25) is 0 Å². The first kappa shape index (κ1) is 8.21. The fraction of sp³-hybridized carbons (Fsp3) is 0.222. The highest BCUT2D eigenvalue weighted by molar-refractivity contribution is 7.80. The molecule has 0 spiro atoms. The Balaban J connectivity index is 3.20. The van der Waals surface area contributed by atoms with Crippen LogP contribution in [0.4, 0.5) is 0 Å². The van der Waals surface area contributed by atoms with E-state index < -0.39 is 0 Å². The molecule has 11 heavy (non-hydrogen) atoms. The van der Waals surface area contributed by atoms with E-state index in [0.717, 1.165) is 11.1 Å². The van der Waals surface area contributed by atoms with Crippen LogP contribution in [0.25, 0.3) is 0 Å². The first-order valence-electron chi connectivity index (χ1n) is 3.42. The van der Waals surface area contributed by atoms with Gasteiger partial charge in [0.05, 0.1) is 0 Å². The second kappa shape index (κ2) is 3.01. The number of rotatable bonds is 1. The Hall–Kier alpha value is -0.890. The first-order chi connectivity index (χ1) is 5.11. The summed E-state index contributed by atoms with van der Waals surface area (Å²) in [4.78, 5) is 0. The van der Waals surface area contributed by atoms with E-state index in [9.17, 15) is 0 Å². The molecule has 0 saturated carbocycles. The third-order valence-electron chi connectivity index (χ3n) is 1.61. The summed E-state index contributed by atoms with van der Waals surface area (Å²) in [7, 11) is 0. The van der Waals surface area contributed by atoms with Crippen LogP contribution in [-0.4, -0.2) is 10.2 Å². The van der Waals surface area contributed by atoms with Gasteiger partial charge in [0.15, 0.2) is 5.05 Å². The van der Waals surface area contributed by atoms with Crippen molar-refractivity contribution in [3.63, 3.8) is 0 Å². The Bertz CT molecular complexity index is 292. The van der Waals surface area contributed by atoms with Gasteiger partial charge < -0.3 is 5.11 Å². The number of hydrogen-bond donors (Lipinski definition) is 1. The van der Waals surface area contributed by atoms with Gasteiger partial charge in [0.1, 0.15) is 0 Å². The van der Waals surface area contributed by atoms with Gasteiger partial charge in [-0.1, -0.05) is 17.7 Å². The SMILES string of the molecule is Cc1ccc(C(O)=S)c(C)c1. The summed E-state index contributed by atoms with van der Waals surface area (Å²) >= 11 is 4.65. The van der Waals surface area contributed by atoms with Crippen molar-refractivity contribution in [1.29, 1.82) is 0 Å². The Morgan fingerprint density at radius 2 is 2.00 bits per heavy atom. The van der Waals surface area contributed by atoms with Crippen LogP contribution in [0.1, 0.15) is 16.7 Å². The molecule has 1 nitrogen and oxygen atoms in total. The molecule has 0 aromatic heterocycles. The number of aryl methyl sites for hydroxylation is 2. The highest BCUT2D eigenvalue weighted by atomic mass is 32.1. The summed E-state index contributed by atoms with van der Waals surface area (Å²) in [5, 5.41) is 9.00. The predicted octanol–water partition coefficient (Wildman–Crippen LogP) is 2.54. The molecule has 0 heterocycles. The zero-order valence-corrected chi connectivity index (χ0v) is 7.40. The van der Waals surface area contributed by atoms with Crippen LogP contribution in [0.15, 0.2) is 18.2 Å². The fourth-order valence-electron chi connectivity index (χ4n) is 1.05. The predicted molar refractivity (Wildman–Crippen MR) is 50.2 cm³/mol. The lowest BCUT2D eigenvalue weighted by Gasteiger charge is -2.02. The van der Waals surface area contributed by atoms with Crippen molar-refractivity contribution < 1.29 is 5.11 Å². The number of benzene rings is 1. The highest BCUT2D eigenvalue weighted by Gasteiger charge is 2.01. The van der Waals surface area contributed by atoms with E-state index in [1.807, 2.05) is 32.0 Å². The summed E-state index contributed by atoms with van der Waals surface area (Å²) in [6.07, 6.45) is 0. The van der Waals surface area contributed by atoms with Gasteiger partial charge in [-0.15, -0.1) is 0 Å². The van der Waals surface area contributed by atoms with E-state index in [1.54, 1.807) is 0 Å². The molecule has 0 aliphatic carbocycles. The van der Waals surface area contributed by atoms with Crippen LogP contribution >= 0.6 is 12.2 Å². The zero-order valence-electron chi connectivity index (χ0n) is 6.59. The lowest BCUT2D eigenvalue weighted by atomic mass is 10.1. The summed E-state index contributed by atoms with van der Waals surface area (Å²) in [5.74, 6) is 0. The smallest absolute Gasteiger partial charge is 0.188 e. The molecule has 0 fully saturated rings. The summed E-state index contributed by atoms with van der Waals surface area (Å²) < 4.78 is 0. The molecule has 0 saturated heterocycles. The van der Waals surface area contributed by atoms with E-state index in [4.69, 9.17) is 5.11 Å². The minimum Gasteiger partial charge on any atom is -0.499 e. The average Bonchev–Trinajstić information content (AvgIpc) is 1.85. The third kappa shape index (κ3) is 1.77. The van der Waals surface area contributed by atoms with Crippen molar-refractivity contribution in [2.24, 2.45) is 0 Å². The average molecular weight is 166 g/mol. The molecule has 0 aliphatic rings. The Labute approximate surface area is 71.7 Å². The molecular formula is C9H10OS. The molecule has 0 aliphatic heterocycles. The van der Waals surface area contributed by atoms with E-state index in [-0.39, 0.29) is 5.05 Å². The van der Waals surface area contributed by atoms with Crippen molar-refractivity contribution in [2.75, 3.05) is 0 Å². The van der Waals surface area contributed by atoms with Gasteiger partial charge in [-0.05, 0) is 37.7 Å². The molecule has 58 valence electrons. The largest absolute Gasteiger partial charge is 0.499 e. The Kier molecular flexibility index (Phi) is 2.25. The molecule has 1 aromatic carbocycles. The minimum absolute atomic E-state index is 0.0255. The Morgan fingerprint density at radius 3 is 2.45 bits per heavy atom. The first-order valence-corrected chi connectivity index (χ1v) is 3.82. The third-order valence-corrected chi connectivity index (χ3v) is 1.83. The lowest BCUT2D eigenvalue weighted by Crippen LogP contribution is -1.97. The van der Waals surface area contributed by atoms with Gasteiger partial charge in [0, 0.05) is 5.56 Å². The molecule has 0 atom stereocenters. The maximum absolute atomic E-state index is 9.03. The van der Waals surface area contributed by atoms with Crippen LogP contribution in [0.5, 0.6) is 0 Å². The topological polar surface area (TPSA) is 20.2 Å². The van der Waals surface area contributed by atoms with Crippen molar-refractivity contribution in [3.05, 3.63) is 34.9 Å². The van der Waals surface area contributed by atoms with E-state index in [2.05, 4.69) is 12.2 Å². The molecule has 1 aromatic rings. The van der Waals surface area contributed by atoms with Crippen LogP contribution in [0, 0.1) is 13.8 Å². The molecule has 2 heteroatoms. The van der Waals surface area contributed by atoms with E-state index in [0.29, 0.717) is 0 Å². The van der Waals surface area contributed by atoms with Crippen LogP contribution in [0.3, 0.4) is 0 Å². The number of thiocarbonyl (C=S) groups is 1. The second-order valence-electron chi connectivity index (χ2n) is 2.62. The second-order valence-corrected chi connectivity index (χ2v) is 3.01. The van der Waals surface area contributed by atoms with Gasteiger partial charge in [-0.25, -0.2) is 0 Å². The minimum atomic E-state index is -0.0255. The van der Waals surface area contributed by atoms with Gasteiger partial charge in [-0.2, -0.15) is 0 Å². The maximum atomic E-state index is 9.03. The molecular weight excluding hydrogens is 156 g/mol. The van der Waals surface area contributed by atoms with Crippen LogP contribution < -0.4 is 0 Å². The molecule has 0 unspecified atom stereocenters. The van der Waals surface area contributed by atoms with Crippen molar-refractivity contribution >= 4 is 17.3 Å². The summed E-state index contributed by atoms with van der Waals surface area (Å²) in [6.45, 7) is 3.95. The number of aliphatic hydroxyl groups is 1. The quantitative estimate of drug-likeness (QED) is 0.647. The molecule has 0 radical (unpaired) electrons. The normalized spacial score (nSPS) is 9.64. The van der Waals surface area contributed by atoms with Gasteiger partial charge in [0.25, 0.3) is 0 Å². The monoisotopic (exact) mass is 166 g/mol. The summed E-state index contributed by atoms with van der Waals surface area (Å²) in [6, 6.07) is 5.77. The zero-order chi connectivity index (χ0) is 8.43. The van der Waals surface area contributed by atoms with Crippen LogP contribution in [-0.2, 0) is 0 Å².